The van der Waals surface area contributed by atoms with Crippen LogP contribution in [0.25, 0.3) is 0 Å². The van der Waals surface area contributed by atoms with Crippen molar-refractivity contribution in [3.63, 3.8) is 0 Å². The van der Waals surface area contributed by atoms with E-state index >= 15 is 0 Å². The van der Waals surface area contributed by atoms with E-state index in [4.69, 9.17) is 16.2 Å². The summed E-state index contributed by atoms with van der Waals surface area (Å²) in [4.78, 5) is 21.3. The number of nitrogens with two attached hydrogens (primary N) is 2. The van der Waals surface area contributed by atoms with Crippen molar-refractivity contribution >= 4 is 11.8 Å². The van der Waals surface area contributed by atoms with Gasteiger partial charge in [0.1, 0.15) is 6.10 Å². The van der Waals surface area contributed by atoms with Crippen molar-refractivity contribution in [1.29, 1.82) is 0 Å². The van der Waals surface area contributed by atoms with Crippen LogP contribution in [-0.2, 0) is 14.3 Å². The van der Waals surface area contributed by atoms with Gasteiger partial charge in [0.25, 0.3) is 0 Å². The van der Waals surface area contributed by atoms with Gasteiger partial charge in [-0.2, -0.15) is 0 Å². The van der Waals surface area contributed by atoms with Crippen LogP contribution in [0.5, 0.6) is 0 Å². The quantitative estimate of drug-likeness (QED) is 0.556. The number of amides is 2. The first-order valence-electron chi connectivity index (χ1n) is 3.80. The lowest BCUT2D eigenvalue weighted by atomic mass is 9.97. The smallest absolute Gasteiger partial charge is 0.246 e. The van der Waals surface area contributed by atoms with Crippen LogP contribution in [-0.4, -0.2) is 24.5 Å². The highest BCUT2D eigenvalue weighted by molar-refractivity contribution is 5.81. The molecule has 0 bridgehead atoms. The zero-order chi connectivity index (χ0) is 9.14. The standard InChI is InChI=1S/C7H12N2O3/c8-5(10)3-4-1-2-12-6(4)7(9)11/h4,6H,1-3H2,(H2,8,10)(H2,9,11). The molecule has 1 rings (SSSR count). The molecule has 4 N–H and O–H groups in total. The van der Waals surface area contributed by atoms with Crippen LogP contribution in [0.4, 0.5) is 0 Å². The monoisotopic (exact) mass is 172 g/mol. The van der Waals surface area contributed by atoms with Gasteiger partial charge >= 0.3 is 0 Å². The van der Waals surface area contributed by atoms with Crippen molar-refractivity contribution in [1.82, 2.24) is 0 Å². The molecule has 0 saturated carbocycles. The van der Waals surface area contributed by atoms with Crippen LogP contribution in [0.1, 0.15) is 12.8 Å². The molecule has 0 spiro atoms. The first kappa shape index (κ1) is 8.99. The number of rotatable bonds is 3. The molecule has 0 aromatic carbocycles. The number of primary amides is 2. The van der Waals surface area contributed by atoms with Gasteiger partial charge in [0.15, 0.2) is 0 Å². The van der Waals surface area contributed by atoms with E-state index in [-0.39, 0.29) is 12.3 Å². The molecule has 0 aromatic heterocycles. The molecule has 0 radical (unpaired) electrons. The van der Waals surface area contributed by atoms with Gasteiger partial charge in [-0.25, -0.2) is 0 Å². The van der Waals surface area contributed by atoms with Crippen LogP contribution in [0.15, 0.2) is 0 Å². The topological polar surface area (TPSA) is 95.4 Å². The lowest BCUT2D eigenvalue weighted by molar-refractivity contribution is -0.129. The fourth-order valence-electron chi connectivity index (χ4n) is 1.42. The Labute approximate surface area is 70.0 Å². The van der Waals surface area contributed by atoms with Crippen molar-refractivity contribution in [2.45, 2.75) is 18.9 Å². The molecular weight excluding hydrogens is 160 g/mol. The van der Waals surface area contributed by atoms with Gasteiger partial charge in [-0.05, 0) is 6.42 Å². The van der Waals surface area contributed by atoms with Gasteiger partial charge in [-0.3, -0.25) is 9.59 Å². The summed E-state index contributed by atoms with van der Waals surface area (Å²) < 4.78 is 5.05. The van der Waals surface area contributed by atoms with Crippen LogP contribution >= 0.6 is 0 Å². The van der Waals surface area contributed by atoms with Crippen molar-refractivity contribution in [2.24, 2.45) is 17.4 Å². The normalized spacial score (nSPS) is 28.7. The summed E-state index contributed by atoms with van der Waals surface area (Å²) in [5.41, 5.74) is 10.0. The maximum absolute atomic E-state index is 10.7. The van der Waals surface area contributed by atoms with Crippen molar-refractivity contribution in [2.75, 3.05) is 6.61 Å². The summed E-state index contributed by atoms with van der Waals surface area (Å²) >= 11 is 0. The van der Waals surface area contributed by atoms with Gasteiger partial charge < -0.3 is 16.2 Å². The molecule has 1 heterocycles. The van der Waals surface area contributed by atoms with E-state index < -0.39 is 17.9 Å². The van der Waals surface area contributed by atoms with Crippen molar-refractivity contribution < 1.29 is 14.3 Å². The molecule has 5 nitrogen and oxygen atoms in total. The number of hydrogen-bond acceptors (Lipinski definition) is 3. The third kappa shape index (κ3) is 1.94. The highest BCUT2D eigenvalue weighted by Gasteiger charge is 2.33. The number of carbonyl (C=O) groups excluding carboxylic acids is 2. The minimum Gasteiger partial charge on any atom is -0.370 e. The van der Waals surface area contributed by atoms with Gasteiger partial charge in [-0.1, -0.05) is 0 Å². The molecular formula is C7H12N2O3. The Bertz CT molecular complexity index is 205. The van der Waals surface area contributed by atoms with E-state index in [1.165, 1.54) is 0 Å². The molecule has 0 aromatic rings. The molecule has 2 atom stereocenters. The highest BCUT2D eigenvalue weighted by Crippen LogP contribution is 2.23. The molecule has 5 heteroatoms. The largest absolute Gasteiger partial charge is 0.370 e. The second-order valence-electron chi connectivity index (χ2n) is 2.91. The van der Waals surface area contributed by atoms with Crippen molar-refractivity contribution in [3.8, 4) is 0 Å². The second-order valence-corrected chi connectivity index (χ2v) is 2.91. The fraction of sp³-hybridized carbons (Fsp3) is 0.714. The highest BCUT2D eigenvalue weighted by atomic mass is 16.5. The van der Waals surface area contributed by atoms with Crippen LogP contribution in [0, 0.1) is 5.92 Å². The Balaban J connectivity index is 2.52. The summed E-state index contributed by atoms with van der Waals surface area (Å²) in [6.07, 6.45) is 0.224. The van der Waals surface area contributed by atoms with Crippen LogP contribution < -0.4 is 11.5 Å². The van der Waals surface area contributed by atoms with E-state index in [0.717, 1.165) is 0 Å². The fourth-order valence-corrected chi connectivity index (χ4v) is 1.42. The van der Waals surface area contributed by atoms with Crippen LogP contribution in [0.2, 0.25) is 0 Å². The minimum absolute atomic E-state index is 0.125. The molecule has 2 amide bonds. The predicted molar refractivity (Wildman–Crippen MR) is 40.9 cm³/mol. The first-order chi connectivity index (χ1) is 5.61. The molecule has 1 saturated heterocycles. The Hall–Kier alpha value is -1.10. The van der Waals surface area contributed by atoms with E-state index in [0.29, 0.717) is 13.0 Å². The Morgan fingerprint density at radius 3 is 2.58 bits per heavy atom. The van der Waals surface area contributed by atoms with Gasteiger partial charge in [0, 0.05) is 18.9 Å². The lowest BCUT2D eigenvalue weighted by Gasteiger charge is -2.12. The van der Waals surface area contributed by atoms with Crippen molar-refractivity contribution in [3.05, 3.63) is 0 Å². The third-order valence-corrected chi connectivity index (χ3v) is 1.96. The molecule has 68 valence electrons. The average molecular weight is 172 g/mol. The van der Waals surface area contributed by atoms with Gasteiger partial charge in [0.2, 0.25) is 11.8 Å². The summed E-state index contributed by atoms with van der Waals surface area (Å²) in [6, 6.07) is 0. The van der Waals surface area contributed by atoms with Gasteiger partial charge in [-0.15, -0.1) is 0 Å². The molecule has 1 fully saturated rings. The zero-order valence-electron chi connectivity index (χ0n) is 6.66. The first-order valence-corrected chi connectivity index (χ1v) is 3.80. The Morgan fingerprint density at radius 2 is 2.08 bits per heavy atom. The van der Waals surface area contributed by atoms with E-state index in [1.54, 1.807) is 0 Å². The number of hydrogen-bond donors (Lipinski definition) is 2. The number of ether oxygens (including phenoxy) is 1. The summed E-state index contributed by atoms with van der Waals surface area (Å²) in [5, 5.41) is 0. The van der Waals surface area contributed by atoms with Crippen LogP contribution in [0.3, 0.4) is 0 Å². The van der Waals surface area contributed by atoms with E-state index in [2.05, 4.69) is 0 Å². The number of carbonyl (C=O) groups is 2. The maximum atomic E-state index is 10.7. The molecule has 2 unspecified atom stereocenters. The summed E-state index contributed by atoms with van der Waals surface area (Å²) in [6.45, 7) is 0.478. The SMILES string of the molecule is NC(=O)CC1CCOC1C(N)=O. The molecule has 12 heavy (non-hydrogen) atoms. The summed E-state index contributed by atoms with van der Waals surface area (Å²) in [5.74, 6) is -1.06. The molecule has 0 aliphatic carbocycles. The lowest BCUT2D eigenvalue weighted by Crippen LogP contribution is -2.34. The maximum Gasteiger partial charge on any atom is 0.246 e. The summed E-state index contributed by atoms with van der Waals surface area (Å²) in [7, 11) is 0. The predicted octanol–water partition coefficient (Wildman–Crippen LogP) is -1.25. The van der Waals surface area contributed by atoms with E-state index in [1.807, 2.05) is 0 Å². The Morgan fingerprint density at radius 1 is 1.42 bits per heavy atom. The second kappa shape index (κ2) is 3.53. The average Bonchev–Trinajstić information content (AvgIpc) is 2.33. The Kier molecular flexibility index (Phi) is 2.65. The molecule has 1 aliphatic rings. The van der Waals surface area contributed by atoms with E-state index in [9.17, 15) is 9.59 Å². The minimum atomic E-state index is -0.627. The zero-order valence-corrected chi connectivity index (χ0v) is 6.66. The third-order valence-electron chi connectivity index (χ3n) is 1.96. The molecule has 1 aliphatic heterocycles. The van der Waals surface area contributed by atoms with Gasteiger partial charge in [0.05, 0.1) is 0 Å².